The summed E-state index contributed by atoms with van der Waals surface area (Å²) in [7, 11) is 0. The van der Waals surface area contributed by atoms with Crippen LogP contribution in [0.25, 0.3) is 11.0 Å². The Morgan fingerprint density at radius 1 is 1.36 bits per heavy atom. The summed E-state index contributed by atoms with van der Waals surface area (Å²) in [6.45, 7) is 6.06. The molecule has 2 aliphatic heterocycles. The first kappa shape index (κ1) is 16.5. The number of benzene rings is 1. The fourth-order valence-electron chi connectivity index (χ4n) is 3.86. The van der Waals surface area contributed by atoms with E-state index in [0.717, 1.165) is 55.9 Å². The number of carbonyl (C=O) groups excluding carboxylic acids is 1. The molecule has 1 amide bonds. The van der Waals surface area contributed by atoms with Crippen LogP contribution < -0.4 is 5.32 Å². The third-order valence-corrected chi connectivity index (χ3v) is 5.37. The minimum Gasteiger partial charge on any atom is -0.375 e. The number of H-pyrrole nitrogens is 1. The normalized spacial score (nSPS) is 22.4. The number of hydrogen-bond donors (Lipinski definition) is 2. The average molecular weight is 342 g/mol. The summed E-state index contributed by atoms with van der Waals surface area (Å²) in [5.41, 5.74) is 3.38. The van der Waals surface area contributed by atoms with Crippen LogP contribution >= 0.6 is 0 Å². The Bertz CT molecular complexity index is 743. The number of aromatic amines is 1. The van der Waals surface area contributed by atoms with E-state index in [1.165, 1.54) is 5.56 Å². The van der Waals surface area contributed by atoms with Crippen molar-refractivity contribution < 1.29 is 9.53 Å². The van der Waals surface area contributed by atoms with Crippen LogP contribution in [0.15, 0.2) is 18.2 Å². The molecule has 3 heterocycles. The number of aromatic nitrogens is 2. The minimum atomic E-state index is 0.0253. The van der Waals surface area contributed by atoms with Crippen LogP contribution in [0.1, 0.15) is 36.6 Å². The summed E-state index contributed by atoms with van der Waals surface area (Å²) < 4.78 is 5.65. The van der Waals surface area contributed by atoms with E-state index < -0.39 is 0 Å². The van der Waals surface area contributed by atoms with E-state index in [-0.39, 0.29) is 12.0 Å². The van der Waals surface area contributed by atoms with Crippen molar-refractivity contribution in [1.29, 1.82) is 0 Å². The predicted molar refractivity (Wildman–Crippen MR) is 96.6 cm³/mol. The molecule has 0 radical (unpaired) electrons. The van der Waals surface area contributed by atoms with Gasteiger partial charge in [0.05, 0.1) is 30.2 Å². The van der Waals surface area contributed by atoms with Crippen LogP contribution in [0.2, 0.25) is 0 Å². The van der Waals surface area contributed by atoms with Crippen molar-refractivity contribution in [3.05, 3.63) is 29.6 Å². The first-order chi connectivity index (χ1) is 12.2. The highest BCUT2D eigenvalue weighted by Crippen LogP contribution is 2.29. The number of amides is 1. The molecule has 2 fully saturated rings. The number of aryl methyl sites for hydroxylation is 1. The van der Waals surface area contributed by atoms with E-state index in [2.05, 4.69) is 35.4 Å². The first-order valence-electron chi connectivity index (χ1n) is 9.26. The predicted octanol–water partition coefficient (Wildman–Crippen LogP) is 1.96. The van der Waals surface area contributed by atoms with Gasteiger partial charge in [0.1, 0.15) is 5.82 Å². The van der Waals surface area contributed by atoms with Gasteiger partial charge in [0, 0.05) is 32.1 Å². The Kier molecular flexibility index (Phi) is 4.72. The number of imidazole rings is 1. The van der Waals surface area contributed by atoms with Crippen molar-refractivity contribution in [3.63, 3.8) is 0 Å². The molecule has 2 saturated heterocycles. The zero-order chi connectivity index (χ0) is 17.2. The molecular weight excluding hydrogens is 316 g/mol. The van der Waals surface area contributed by atoms with Crippen LogP contribution in [0.4, 0.5) is 0 Å². The molecule has 25 heavy (non-hydrogen) atoms. The van der Waals surface area contributed by atoms with Crippen molar-refractivity contribution >= 4 is 16.9 Å². The van der Waals surface area contributed by atoms with Crippen LogP contribution in [0, 0.1) is 6.92 Å². The molecule has 6 nitrogen and oxygen atoms in total. The summed E-state index contributed by atoms with van der Waals surface area (Å²) in [5, 5.41) is 3.28. The molecule has 1 aromatic carbocycles. The number of nitrogens with zero attached hydrogens (tertiary/aromatic N) is 2. The monoisotopic (exact) mass is 342 g/mol. The average Bonchev–Trinajstić information content (AvgIpc) is 3.08. The van der Waals surface area contributed by atoms with Crippen molar-refractivity contribution in [1.82, 2.24) is 20.2 Å². The van der Waals surface area contributed by atoms with E-state index in [1.807, 2.05) is 4.90 Å². The molecule has 0 saturated carbocycles. The van der Waals surface area contributed by atoms with Crippen LogP contribution in [-0.4, -0.2) is 59.7 Å². The molecule has 4 rings (SSSR count). The van der Waals surface area contributed by atoms with Gasteiger partial charge in [-0.2, -0.15) is 0 Å². The zero-order valence-corrected chi connectivity index (χ0v) is 14.8. The van der Waals surface area contributed by atoms with E-state index in [9.17, 15) is 4.79 Å². The van der Waals surface area contributed by atoms with Gasteiger partial charge >= 0.3 is 0 Å². The van der Waals surface area contributed by atoms with Gasteiger partial charge < -0.3 is 19.9 Å². The summed E-state index contributed by atoms with van der Waals surface area (Å²) in [6.07, 6.45) is 2.45. The van der Waals surface area contributed by atoms with Gasteiger partial charge in [0.2, 0.25) is 5.91 Å². The molecular formula is C19H26N4O2. The summed E-state index contributed by atoms with van der Waals surface area (Å²) in [6, 6.07) is 6.23. The van der Waals surface area contributed by atoms with Crippen molar-refractivity contribution in [2.24, 2.45) is 0 Å². The number of morpholine rings is 1. The maximum Gasteiger partial charge on any atom is 0.225 e. The maximum atomic E-state index is 12.5. The van der Waals surface area contributed by atoms with Gasteiger partial charge in [0.15, 0.2) is 0 Å². The number of likely N-dealkylation sites (tertiary alicyclic amines) is 1. The lowest BCUT2D eigenvalue weighted by atomic mass is 9.96. The summed E-state index contributed by atoms with van der Waals surface area (Å²) in [5.74, 6) is 1.69. The number of piperidine rings is 1. The minimum absolute atomic E-state index is 0.0253. The van der Waals surface area contributed by atoms with Crippen LogP contribution in [-0.2, 0) is 9.53 Å². The highest BCUT2D eigenvalue weighted by Gasteiger charge is 2.27. The SMILES string of the molecule is Cc1cccc2[nH]c(C3CCN(C(=O)C[C@H]4CNCCO4)CC3)nc12. The summed E-state index contributed by atoms with van der Waals surface area (Å²) in [4.78, 5) is 22.8. The fraction of sp³-hybridized carbons (Fsp3) is 0.579. The maximum absolute atomic E-state index is 12.5. The number of nitrogens with one attached hydrogen (secondary N) is 2. The van der Waals surface area contributed by atoms with Crippen molar-refractivity contribution in [2.45, 2.75) is 38.2 Å². The Labute approximate surface area is 147 Å². The smallest absolute Gasteiger partial charge is 0.225 e. The molecule has 0 spiro atoms. The molecule has 6 heteroatoms. The van der Waals surface area contributed by atoms with Crippen LogP contribution in [0.5, 0.6) is 0 Å². The standard InChI is InChI=1S/C19H26N4O2/c1-13-3-2-4-16-18(13)22-19(21-16)14-5-8-23(9-6-14)17(24)11-15-12-20-7-10-25-15/h2-4,14-15,20H,5-12H2,1H3,(H,21,22)/t15-/m0/s1. The highest BCUT2D eigenvalue weighted by atomic mass is 16.5. The Morgan fingerprint density at radius 3 is 2.92 bits per heavy atom. The molecule has 134 valence electrons. The van der Waals surface area contributed by atoms with Gasteiger partial charge in [-0.25, -0.2) is 4.98 Å². The second-order valence-corrected chi connectivity index (χ2v) is 7.15. The molecule has 0 unspecified atom stereocenters. The van der Waals surface area contributed by atoms with E-state index in [1.54, 1.807) is 0 Å². The molecule has 1 aromatic heterocycles. The Balaban J connectivity index is 1.35. The first-order valence-corrected chi connectivity index (χ1v) is 9.26. The lowest BCUT2D eigenvalue weighted by Crippen LogP contribution is -2.44. The zero-order valence-electron chi connectivity index (χ0n) is 14.8. The fourth-order valence-corrected chi connectivity index (χ4v) is 3.86. The van der Waals surface area contributed by atoms with Crippen molar-refractivity contribution in [2.75, 3.05) is 32.8 Å². The van der Waals surface area contributed by atoms with Gasteiger partial charge in [-0.05, 0) is 31.4 Å². The molecule has 2 aromatic rings. The highest BCUT2D eigenvalue weighted by molar-refractivity contribution is 5.79. The second kappa shape index (κ2) is 7.14. The molecule has 2 N–H and O–H groups in total. The van der Waals surface area contributed by atoms with Gasteiger partial charge in [-0.15, -0.1) is 0 Å². The lowest BCUT2D eigenvalue weighted by molar-refractivity contribution is -0.135. The second-order valence-electron chi connectivity index (χ2n) is 7.15. The topological polar surface area (TPSA) is 70.2 Å². The lowest BCUT2D eigenvalue weighted by Gasteiger charge is -2.33. The largest absolute Gasteiger partial charge is 0.375 e. The van der Waals surface area contributed by atoms with Crippen LogP contribution in [0.3, 0.4) is 0 Å². The molecule has 0 aliphatic carbocycles. The third kappa shape index (κ3) is 3.55. The van der Waals surface area contributed by atoms with Gasteiger partial charge in [-0.1, -0.05) is 12.1 Å². The number of ether oxygens (including phenoxy) is 1. The Hall–Kier alpha value is -1.92. The number of para-hydroxylation sites is 1. The number of fused-ring (bicyclic) bond motifs is 1. The van der Waals surface area contributed by atoms with E-state index in [4.69, 9.17) is 9.72 Å². The quantitative estimate of drug-likeness (QED) is 0.894. The van der Waals surface area contributed by atoms with Gasteiger partial charge in [-0.3, -0.25) is 4.79 Å². The number of hydrogen-bond acceptors (Lipinski definition) is 4. The third-order valence-electron chi connectivity index (χ3n) is 5.37. The van der Waals surface area contributed by atoms with Crippen molar-refractivity contribution in [3.8, 4) is 0 Å². The number of carbonyl (C=O) groups is 1. The summed E-state index contributed by atoms with van der Waals surface area (Å²) >= 11 is 0. The molecule has 2 aliphatic rings. The number of rotatable bonds is 3. The molecule has 0 bridgehead atoms. The van der Waals surface area contributed by atoms with Gasteiger partial charge in [0.25, 0.3) is 0 Å². The molecule has 1 atom stereocenters. The van der Waals surface area contributed by atoms with E-state index >= 15 is 0 Å². The van der Waals surface area contributed by atoms with E-state index in [0.29, 0.717) is 18.9 Å². The Morgan fingerprint density at radius 2 is 2.20 bits per heavy atom.